The third-order valence-electron chi connectivity index (χ3n) is 6.31. The van der Waals surface area contributed by atoms with Gasteiger partial charge in [0.1, 0.15) is 11.4 Å². The molecule has 166 valence electrons. The molecule has 5 rings (SSSR count). The van der Waals surface area contributed by atoms with E-state index < -0.39 is 0 Å². The molecule has 6 nitrogen and oxygen atoms in total. The van der Waals surface area contributed by atoms with Crippen LogP contribution in [0.25, 0.3) is 6.08 Å². The van der Waals surface area contributed by atoms with Crippen molar-refractivity contribution in [1.82, 2.24) is 14.8 Å². The minimum Gasteiger partial charge on any atom is -0.374 e. The lowest BCUT2D eigenvalue weighted by atomic mass is 10.0. The molecule has 0 radical (unpaired) electrons. The molecular formula is C27H25N3O3. The molecule has 2 aromatic carbocycles. The number of allylic oxidation sites excluding steroid dienone is 1. The molecule has 1 amide bonds. The number of aromatic nitrogens is 1. The number of nitrogens with zero attached hydrogens (tertiary/aromatic N) is 3. The number of rotatable bonds is 6. The maximum atomic E-state index is 13.4. The predicted molar refractivity (Wildman–Crippen MR) is 125 cm³/mol. The Morgan fingerprint density at radius 3 is 2.36 bits per heavy atom. The van der Waals surface area contributed by atoms with Crippen LogP contribution in [0.5, 0.6) is 0 Å². The van der Waals surface area contributed by atoms with Crippen LogP contribution in [-0.2, 0) is 11.3 Å². The number of amides is 1. The first-order valence-electron chi connectivity index (χ1n) is 11.1. The first-order chi connectivity index (χ1) is 16.2. The first kappa shape index (κ1) is 21.2. The van der Waals surface area contributed by atoms with Crippen molar-refractivity contribution in [2.45, 2.75) is 12.2 Å². The summed E-state index contributed by atoms with van der Waals surface area (Å²) >= 11 is 0. The second kappa shape index (κ2) is 9.10. The molecule has 3 aromatic rings. The summed E-state index contributed by atoms with van der Waals surface area (Å²) in [5, 5.41) is 0. The van der Waals surface area contributed by atoms with Gasteiger partial charge in [-0.05, 0) is 41.5 Å². The Morgan fingerprint density at radius 2 is 1.70 bits per heavy atom. The number of carbonyl (C=O) groups is 2. The van der Waals surface area contributed by atoms with Gasteiger partial charge >= 0.3 is 0 Å². The fraction of sp³-hybridized carbons (Fsp3) is 0.222. The maximum Gasteiger partial charge on any atom is 0.255 e. The zero-order chi connectivity index (χ0) is 22.7. The number of carbonyl (C=O) groups excluding carboxylic acids is 2. The van der Waals surface area contributed by atoms with Crippen molar-refractivity contribution in [3.8, 4) is 0 Å². The van der Waals surface area contributed by atoms with E-state index in [0.29, 0.717) is 31.0 Å². The Balaban J connectivity index is 1.27. The average Bonchev–Trinajstić information content (AvgIpc) is 3.23. The molecule has 3 heterocycles. The molecule has 6 heteroatoms. The second-order valence-corrected chi connectivity index (χ2v) is 8.37. The standard InChI is InChI=1S/C27H25N3O3/c31-25(24-8-4-5-15-28-24)14-11-21-9-12-23(13-10-21)26(32)30-17-16-29(27(30)19-33-20-27)18-22-6-2-1-3-7-22/h1-15H,16-20H2/b14-11+. The Morgan fingerprint density at radius 1 is 0.939 bits per heavy atom. The molecule has 1 aromatic heterocycles. The molecule has 0 unspecified atom stereocenters. The van der Waals surface area contributed by atoms with Crippen LogP contribution in [0.1, 0.15) is 32.0 Å². The van der Waals surface area contributed by atoms with Gasteiger partial charge < -0.3 is 9.64 Å². The summed E-state index contributed by atoms with van der Waals surface area (Å²) in [4.78, 5) is 34.0. The summed E-state index contributed by atoms with van der Waals surface area (Å²) in [6.45, 7) is 3.35. The van der Waals surface area contributed by atoms with Gasteiger partial charge in [0.25, 0.3) is 5.91 Å². The van der Waals surface area contributed by atoms with Crippen molar-refractivity contribution < 1.29 is 14.3 Å². The largest absolute Gasteiger partial charge is 0.374 e. The zero-order valence-corrected chi connectivity index (χ0v) is 18.3. The van der Waals surface area contributed by atoms with E-state index in [9.17, 15) is 9.59 Å². The monoisotopic (exact) mass is 439 g/mol. The first-order valence-corrected chi connectivity index (χ1v) is 11.1. The summed E-state index contributed by atoms with van der Waals surface area (Å²) in [7, 11) is 0. The lowest BCUT2D eigenvalue weighted by Crippen LogP contribution is -2.67. The molecule has 2 saturated heterocycles. The fourth-order valence-electron chi connectivity index (χ4n) is 4.41. The Hall–Kier alpha value is -3.61. The quantitative estimate of drug-likeness (QED) is 0.433. The number of ketones is 1. The van der Waals surface area contributed by atoms with E-state index in [1.165, 1.54) is 11.6 Å². The van der Waals surface area contributed by atoms with E-state index >= 15 is 0 Å². The highest BCUT2D eigenvalue weighted by Gasteiger charge is 2.54. The van der Waals surface area contributed by atoms with Crippen molar-refractivity contribution >= 4 is 17.8 Å². The average molecular weight is 440 g/mol. The molecule has 1 spiro atoms. The minimum absolute atomic E-state index is 0.00829. The minimum atomic E-state index is -0.374. The highest BCUT2D eigenvalue weighted by molar-refractivity contribution is 6.05. The van der Waals surface area contributed by atoms with Crippen LogP contribution in [-0.4, -0.2) is 58.4 Å². The topological polar surface area (TPSA) is 62.7 Å². The van der Waals surface area contributed by atoms with Crippen molar-refractivity contribution in [3.63, 3.8) is 0 Å². The van der Waals surface area contributed by atoms with E-state index in [1.807, 2.05) is 47.4 Å². The normalized spacial score (nSPS) is 17.4. The molecule has 2 fully saturated rings. The fourth-order valence-corrected chi connectivity index (χ4v) is 4.41. The third-order valence-corrected chi connectivity index (χ3v) is 6.31. The van der Waals surface area contributed by atoms with Gasteiger partial charge in [-0.25, -0.2) is 0 Å². The smallest absolute Gasteiger partial charge is 0.255 e. The van der Waals surface area contributed by atoms with Crippen molar-refractivity contribution in [2.75, 3.05) is 26.3 Å². The summed E-state index contributed by atoms with van der Waals surface area (Å²) in [6, 6.07) is 22.9. The lowest BCUT2D eigenvalue weighted by Gasteiger charge is -2.49. The summed E-state index contributed by atoms with van der Waals surface area (Å²) in [5.41, 5.74) is 2.75. The molecule has 0 aliphatic carbocycles. The van der Waals surface area contributed by atoms with Crippen molar-refractivity contribution in [2.24, 2.45) is 0 Å². The molecule has 0 saturated carbocycles. The summed E-state index contributed by atoms with van der Waals surface area (Å²) < 4.78 is 5.57. The summed E-state index contributed by atoms with van der Waals surface area (Å²) in [5.74, 6) is -0.146. The maximum absolute atomic E-state index is 13.4. The Labute approximate surface area is 193 Å². The van der Waals surface area contributed by atoms with Gasteiger partial charge in [0, 0.05) is 31.4 Å². The molecular weight excluding hydrogens is 414 g/mol. The summed E-state index contributed by atoms with van der Waals surface area (Å²) in [6.07, 6.45) is 4.84. The van der Waals surface area contributed by atoms with E-state index in [0.717, 1.165) is 18.7 Å². The third kappa shape index (κ3) is 4.23. The number of pyridine rings is 1. The molecule has 0 N–H and O–H groups in total. The van der Waals surface area contributed by atoms with Crippen LogP contribution < -0.4 is 0 Å². The van der Waals surface area contributed by atoms with Gasteiger partial charge in [-0.2, -0.15) is 0 Å². The van der Waals surface area contributed by atoms with E-state index in [2.05, 4.69) is 22.0 Å². The van der Waals surface area contributed by atoms with Gasteiger partial charge in [0.2, 0.25) is 5.78 Å². The lowest BCUT2D eigenvalue weighted by molar-refractivity contribution is -0.176. The SMILES string of the molecule is O=C(/C=C/c1ccc(C(=O)N2CCN(Cc3ccccc3)C23COC3)cc1)c1ccccn1. The van der Waals surface area contributed by atoms with Gasteiger partial charge in [-0.15, -0.1) is 0 Å². The van der Waals surface area contributed by atoms with Crippen LogP contribution >= 0.6 is 0 Å². The van der Waals surface area contributed by atoms with E-state index in [4.69, 9.17) is 4.74 Å². The molecule has 33 heavy (non-hydrogen) atoms. The number of hydrogen-bond donors (Lipinski definition) is 0. The van der Waals surface area contributed by atoms with Gasteiger partial charge in [0.15, 0.2) is 0 Å². The Kier molecular flexibility index (Phi) is 5.86. The van der Waals surface area contributed by atoms with Crippen LogP contribution in [0, 0.1) is 0 Å². The predicted octanol–water partition coefficient (Wildman–Crippen LogP) is 3.66. The van der Waals surface area contributed by atoms with Gasteiger partial charge in [-0.1, -0.05) is 54.6 Å². The van der Waals surface area contributed by atoms with Crippen LogP contribution in [0.3, 0.4) is 0 Å². The zero-order valence-electron chi connectivity index (χ0n) is 18.3. The van der Waals surface area contributed by atoms with Crippen molar-refractivity contribution in [3.05, 3.63) is 107 Å². The van der Waals surface area contributed by atoms with E-state index in [-0.39, 0.29) is 17.4 Å². The van der Waals surface area contributed by atoms with Gasteiger partial charge in [0.05, 0.1) is 13.2 Å². The van der Waals surface area contributed by atoms with E-state index in [1.54, 1.807) is 30.5 Å². The highest BCUT2D eigenvalue weighted by atomic mass is 16.5. The van der Waals surface area contributed by atoms with Crippen LogP contribution in [0.15, 0.2) is 85.1 Å². The number of benzene rings is 2. The van der Waals surface area contributed by atoms with Gasteiger partial charge in [-0.3, -0.25) is 19.5 Å². The molecule has 0 atom stereocenters. The molecule has 0 bridgehead atoms. The van der Waals surface area contributed by atoms with Crippen molar-refractivity contribution in [1.29, 1.82) is 0 Å². The van der Waals surface area contributed by atoms with Crippen LogP contribution in [0.2, 0.25) is 0 Å². The number of ether oxygens (including phenoxy) is 1. The molecule has 2 aliphatic heterocycles. The second-order valence-electron chi connectivity index (χ2n) is 8.37. The Bertz CT molecular complexity index is 1160. The van der Waals surface area contributed by atoms with Crippen LogP contribution in [0.4, 0.5) is 0 Å². The number of hydrogen-bond acceptors (Lipinski definition) is 5. The molecule has 2 aliphatic rings. The highest BCUT2D eigenvalue weighted by Crippen LogP contribution is 2.36.